The number of anilines is 1. The lowest BCUT2D eigenvalue weighted by Gasteiger charge is -2.22. The number of hydrogen-bond donors (Lipinski definition) is 2. The molecule has 4 rings (SSSR count). The van der Waals surface area contributed by atoms with Crippen LogP contribution >= 0.6 is 0 Å². The lowest BCUT2D eigenvalue weighted by atomic mass is 10.0. The number of aromatic nitrogens is 2. The van der Waals surface area contributed by atoms with E-state index in [-0.39, 0.29) is 11.8 Å². The number of carbonyl (C=O) groups is 1. The molecule has 1 aromatic rings. The Morgan fingerprint density at radius 3 is 2.75 bits per heavy atom. The zero-order valence-electron chi connectivity index (χ0n) is 11.7. The molecule has 1 aromatic heterocycles. The zero-order valence-corrected chi connectivity index (χ0v) is 11.7. The quantitative estimate of drug-likeness (QED) is 0.883. The molecule has 5 nitrogen and oxygen atoms in total. The van der Waals surface area contributed by atoms with Gasteiger partial charge >= 0.3 is 0 Å². The number of rotatable bonds is 3. The molecule has 2 aliphatic carbocycles. The van der Waals surface area contributed by atoms with E-state index < -0.39 is 0 Å². The van der Waals surface area contributed by atoms with Crippen LogP contribution in [0.2, 0.25) is 0 Å². The van der Waals surface area contributed by atoms with E-state index in [1.807, 2.05) is 10.9 Å². The van der Waals surface area contributed by atoms with E-state index in [1.165, 1.54) is 6.42 Å². The maximum absolute atomic E-state index is 12.2. The van der Waals surface area contributed by atoms with Crippen molar-refractivity contribution in [3.05, 3.63) is 12.4 Å². The number of nitrogens with zero attached hydrogens (tertiary/aromatic N) is 2. The van der Waals surface area contributed by atoms with Crippen LogP contribution in [0.5, 0.6) is 0 Å². The summed E-state index contributed by atoms with van der Waals surface area (Å²) in [5.41, 5.74) is 0.856. The van der Waals surface area contributed by atoms with Crippen molar-refractivity contribution in [2.75, 3.05) is 18.4 Å². The molecule has 0 radical (unpaired) electrons. The Bertz CT molecular complexity index is 496. The highest BCUT2D eigenvalue weighted by Gasteiger charge is 2.48. The van der Waals surface area contributed by atoms with Crippen molar-refractivity contribution in [2.24, 2.45) is 17.8 Å². The van der Waals surface area contributed by atoms with Gasteiger partial charge in [0.2, 0.25) is 5.91 Å². The van der Waals surface area contributed by atoms with Gasteiger partial charge in [0.05, 0.1) is 17.9 Å². The summed E-state index contributed by atoms with van der Waals surface area (Å²) in [5, 5.41) is 10.8. The standard InChI is InChI=1S/C15H22N4O/c20-15(12-6-10-5-11(10)7-12)18-13-8-17-19(9-13)14-1-3-16-4-2-14/h8-12,14,16H,1-7H2,(H,18,20). The Morgan fingerprint density at radius 1 is 1.25 bits per heavy atom. The molecular formula is C15H22N4O. The Labute approximate surface area is 119 Å². The normalized spacial score (nSPS) is 32.9. The summed E-state index contributed by atoms with van der Waals surface area (Å²) < 4.78 is 2.02. The molecule has 2 unspecified atom stereocenters. The smallest absolute Gasteiger partial charge is 0.227 e. The molecule has 0 bridgehead atoms. The van der Waals surface area contributed by atoms with Crippen LogP contribution < -0.4 is 10.6 Å². The lowest BCUT2D eigenvalue weighted by molar-refractivity contribution is -0.120. The highest BCUT2D eigenvalue weighted by atomic mass is 16.1. The van der Waals surface area contributed by atoms with Crippen molar-refractivity contribution in [3.63, 3.8) is 0 Å². The van der Waals surface area contributed by atoms with Crippen molar-refractivity contribution in [1.82, 2.24) is 15.1 Å². The summed E-state index contributed by atoms with van der Waals surface area (Å²) in [4.78, 5) is 12.2. The minimum absolute atomic E-state index is 0.196. The molecule has 1 aliphatic heterocycles. The van der Waals surface area contributed by atoms with Gasteiger partial charge in [-0.25, -0.2) is 0 Å². The van der Waals surface area contributed by atoms with E-state index in [0.29, 0.717) is 6.04 Å². The monoisotopic (exact) mass is 274 g/mol. The summed E-state index contributed by atoms with van der Waals surface area (Å²) >= 11 is 0. The third kappa shape index (κ3) is 2.35. The molecular weight excluding hydrogens is 252 g/mol. The molecule has 20 heavy (non-hydrogen) atoms. The van der Waals surface area contributed by atoms with Crippen molar-refractivity contribution in [2.45, 2.75) is 38.1 Å². The number of amides is 1. The average Bonchev–Trinajstić information content (AvgIpc) is 2.91. The topological polar surface area (TPSA) is 59.0 Å². The van der Waals surface area contributed by atoms with E-state index in [0.717, 1.165) is 56.3 Å². The fourth-order valence-corrected chi connectivity index (χ4v) is 3.85. The molecule has 2 saturated carbocycles. The first-order valence-corrected chi connectivity index (χ1v) is 7.85. The Morgan fingerprint density at radius 2 is 2.00 bits per heavy atom. The minimum atomic E-state index is 0.196. The van der Waals surface area contributed by atoms with Gasteiger partial charge < -0.3 is 10.6 Å². The molecule has 2 atom stereocenters. The van der Waals surface area contributed by atoms with E-state index in [4.69, 9.17) is 0 Å². The first kappa shape index (κ1) is 12.4. The predicted octanol–water partition coefficient (Wildman–Crippen LogP) is 1.79. The van der Waals surface area contributed by atoms with Crippen LogP contribution in [-0.4, -0.2) is 28.8 Å². The van der Waals surface area contributed by atoms with Gasteiger partial charge in [-0.3, -0.25) is 9.48 Å². The van der Waals surface area contributed by atoms with Crippen LogP contribution in [0.25, 0.3) is 0 Å². The summed E-state index contributed by atoms with van der Waals surface area (Å²) in [7, 11) is 0. The average molecular weight is 274 g/mol. The maximum Gasteiger partial charge on any atom is 0.227 e. The van der Waals surface area contributed by atoms with Crippen LogP contribution in [0.3, 0.4) is 0 Å². The molecule has 3 aliphatic rings. The molecule has 5 heteroatoms. The summed E-state index contributed by atoms with van der Waals surface area (Å²) in [6.07, 6.45) is 9.55. The fraction of sp³-hybridized carbons (Fsp3) is 0.733. The lowest BCUT2D eigenvalue weighted by Crippen LogP contribution is -2.29. The summed E-state index contributed by atoms with van der Waals surface area (Å²) in [5.74, 6) is 2.13. The van der Waals surface area contributed by atoms with Gasteiger partial charge in [-0.2, -0.15) is 5.10 Å². The van der Waals surface area contributed by atoms with Crippen molar-refractivity contribution in [3.8, 4) is 0 Å². The third-order valence-electron chi connectivity index (χ3n) is 5.17. The van der Waals surface area contributed by atoms with Crippen LogP contribution in [-0.2, 0) is 4.79 Å². The zero-order chi connectivity index (χ0) is 13.5. The number of piperidine rings is 1. The van der Waals surface area contributed by atoms with Crippen LogP contribution in [0.15, 0.2) is 12.4 Å². The maximum atomic E-state index is 12.2. The van der Waals surface area contributed by atoms with Gasteiger partial charge in [-0.05, 0) is 57.0 Å². The van der Waals surface area contributed by atoms with E-state index in [1.54, 1.807) is 6.20 Å². The SMILES string of the molecule is O=C(Nc1cnn(C2CCNCC2)c1)C1CC2CC2C1. The highest BCUT2D eigenvalue weighted by molar-refractivity contribution is 5.92. The van der Waals surface area contributed by atoms with Crippen molar-refractivity contribution in [1.29, 1.82) is 0 Å². The first-order valence-electron chi connectivity index (χ1n) is 7.85. The molecule has 0 aromatic carbocycles. The Kier molecular flexibility index (Phi) is 3.02. The van der Waals surface area contributed by atoms with E-state index in [9.17, 15) is 4.79 Å². The second kappa shape index (κ2) is 4.88. The Hall–Kier alpha value is -1.36. The van der Waals surface area contributed by atoms with Gasteiger partial charge in [0.25, 0.3) is 0 Å². The largest absolute Gasteiger partial charge is 0.323 e. The molecule has 108 valence electrons. The van der Waals surface area contributed by atoms with Gasteiger partial charge in [-0.15, -0.1) is 0 Å². The Balaban J connectivity index is 1.36. The third-order valence-corrected chi connectivity index (χ3v) is 5.17. The first-order chi connectivity index (χ1) is 9.79. The number of nitrogens with one attached hydrogen (secondary N) is 2. The van der Waals surface area contributed by atoms with Crippen molar-refractivity contribution >= 4 is 11.6 Å². The van der Waals surface area contributed by atoms with Gasteiger partial charge in [0.15, 0.2) is 0 Å². The molecule has 1 saturated heterocycles. The fourth-order valence-electron chi connectivity index (χ4n) is 3.85. The molecule has 1 amide bonds. The predicted molar refractivity (Wildman–Crippen MR) is 76.3 cm³/mol. The number of hydrogen-bond acceptors (Lipinski definition) is 3. The van der Waals surface area contributed by atoms with Gasteiger partial charge in [-0.1, -0.05) is 0 Å². The molecule has 0 spiro atoms. The molecule has 2 N–H and O–H groups in total. The summed E-state index contributed by atoms with van der Waals surface area (Å²) in [6, 6.07) is 0.473. The van der Waals surface area contributed by atoms with E-state index in [2.05, 4.69) is 15.7 Å². The van der Waals surface area contributed by atoms with Gasteiger partial charge in [0, 0.05) is 12.1 Å². The number of carbonyl (C=O) groups excluding carboxylic acids is 1. The van der Waals surface area contributed by atoms with Crippen LogP contribution in [0, 0.1) is 17.8 Å². The minimum Gasteiger partial charge on any atom is -0.323 e. The van der Waals surface area contributed by atoms with Crippen LogP contribution in [0.1, 0.15) is 38.1 Å². The second-order valence-electron chi connectivity index (χ2n) is 6.60. The van der Waals surface area contributed by atoms with E-state index >= 15 is 0 Å². The molecule has 3 fully saturated rings. The number of fused-ring (bicyclic) bond motifs is 1. The highest BCUT2D eigenvalue weighted by Crippen LogP contribution is 2.54. The second-order valence-corrected chi connectivity index (χ2v) is 6.60. The molecule has 2 heterocycles. The summed E-state index contributed by atoms with van der Waals surface area (Å²) in [6.45, 7) is 2.11. The van der Waals surface area contributed by atoms with Crippen LogP contribution in [0.4, 0.5) is 5.69 Å². The van der Waals surface area contributed by atoms with Crippen molar-refractivity contribution < 1.29 is 4.79 Å². The van der Waals surface area contributed by atoms with Gasteiger partial charge in [0.1, 0.15) is 0 Å².